The van der Waals surface area contributed by atoms with Crippen molar-refractivity contribution >= 4 is 11.4 Å². The van der Waals surface area contributed by atoms with Gasteiger partial charge in [-0.15, -0.1) is 70.8 Å². The summed E-state index contributed by atoms with van der Waals surface area (Å²) >= 11 is 0. The zero-order valence-electron chi connectivity index (χ0n) is 20.0. The Morgan fingerprint density at radius 3 is 1.30 bits per heavy atom. The minimum atomic E-state index is 0. The quantitative estimate of drug-likeness (QED) is 0.270. The number of aromatic nitrogens is 2. The van der Waals surface area contributed by atoms with E-state index in [1.807, 2.05) is 64.8 Å². The van der Waals surface area contributed by atoms with Crippen LogP contribution >= 0.6 is 0 Å². The van der Waals surface area contributed by atoms with Crippen molar-refractivity contribution < 1.29 is 21.1 Å². The molecule has 0 aliphatic heterocycles. The van der Waals surface area contributed by atoms with E-state index in [0.717, 1.165) is 33.9 Å². The molecule has 0 N–H and O–H groups in total. The molecule has 0 atom stereocenters. The van der Waals surface area contributed by atoms with Crippen LogP contribution in [0.15, 0.2) is 73.1 Å². The predicted molar refractivity (Wildman–Crippen MR) is 135 cm³/mol. The topological polar surface area (TPSA) is 32.3 Å². The average Bonchev–Trinajstić information content (AvgIpc) is 2.80. The molecule has 33 heavy (non-hydrogen) atoms. The standard InChI is InChI=1S/2C14H15N2.Pt/c2*1-11-4-6-12(7-5-11)14-10-13(16(2)3)8-9-15-14;/h2*4-6,8-10H,1-3H3;/q2*-1;+2. The van der Waals surface area contributed by atoms with E-state index in [9.17, 15) is 0 Å². The summed E-state index contributed by atoms with van der Waals surface area (Å²) in [6.45, 7) is 4.12. The zero-order valence-corrected chi connectivity index (χ0v) is 22.3. The Balaban J connectivity index is 0.000000227. The Bertz CT molecular complexity index is 1040. The fraction of sp³-hybridized carbons (Fsp3) is 0.214. The molecule has 0 bridgehead atoms. The Hall–Kier alpha value is -2.97. The first kappa shape index (κ1) is 26.3. The van der Waals surface area contributed by atoms with Crippen LogP contribution in [0.25, 0.3) is 22.5 Å². The van der Waals surface area contributed by atoms with Crippen molar-refractivity contribution in [2.75, 3.05) is 38.0 Å². The van der Waals surface area contributed by atoms with Crippen LogP contribution in [0, 0.1) is 26.0 Å². The van der Waals surface area contributed by atoms with Gasteiger partial charge in [-0.2, -0.15) is 0 Å². The van der Waals surface area contributed by atoms with Crippen LogP contribution < -0.4 is 9.80 Å². The van der Waals surface area contributed by atoms with Crippen molar-refractivity contribution in [3.05, 3.63) is 96.3 Å². The summed E-state index contributed by atoms with van der Waals surface area (Å²) in [4.78, 5) is 12.9. The van der Waals surface area contributed by atoms with Gasteiger partial charge >= 0.3 is 21.1 Å². The number of rotatable bonds is 4. The van der Waals surface area contributed by atoms with Crippen LogP contribution in [0.1, 0.15) is 11.1 Å². The minimum absolute atomic E-state index is 0. The second-order valence-electron chi connectivity index (χ2n) is 8.15. The first-order valence-corrected chi connectivity index (χ1v) is 10.6. The number of hydrogen-bond acceptors (Lipinski definition) is 4. The van der Waals surface area contributed by atoms with Crippen molar-refractivity contribution in [3.63, 3.8) is 0 Å². The van der Waals surface area contributed by atoms with E-state index in [2.05, 4.69) is 82.1 Å². The Kier molecular flexibility index (Phi) is 9.81. The van der Waals surface area contributed by atoms with Crippen molar-refractivity contribution in [3.8, 4) is 22.5 Å². The van der Waals surface area contributed by atoms with Crippen LogP contribution in [-0.2, 0) is 21.1 Å². The van der Waals surface area contributed by atoms with Crippen LogP contribution in [0.2, 0.25) is 0 Å². The van der Waals surface area contributed by atoms with Crippen LogP contribution in [0.5, 0.6) is 0 Å². The monoisotopic (exact) mass is 617 g/mol. The van der Waals surface area contributed by atoms with Crippen molar-refractivity contribution in [2.45, 2.75) is 13.8 Å². The van der Waals surface area contributed by atoms with E-state index in [1.54, 1.807) is 0 Å². The van der Waals surface area contributed by atoms with Crippen LogP contribution in [0.3, 0.4) is 0 Å². The minimum Gasteiger partial charge on any atom is -0.378 e. The summed E-state index contributed by atoms with van der Waals surface area (Å²) in [6, 6.07) is 26.8. The maximum atomic E-state index is 4.36. The third-order valence-electron chi connectivity index (χ3n) is 5.01. The van der Waals surface area contributed by atoms with Gasteiger partial charge in [0.1, 0.15) is 0 Å². The number of hydrogen-bond donors (Lipinski definition) is 0. The molecule has 0 aliphatic carbocycles. The van der Waals surface area contributed by atoms with Gasteiger partial charge in [-0.1, -0.05) is 26.0 Å². The van der Waals surface area contributed by atoms with Gasteiger partial charge in [0.25, 0.3) is 0 Å². The third kappa shape index (κ3) is 7.54. The van der Waals surface area contributed by atoms with E-state index in [1.165, 1.54) is 11.1 Å². The zero-order chi connectivity index (χ0) is 23.1. The fourth-order valence-electron chi connectivity index (χ4n) is 3.01. The van der Waals surface area contributed by atoms with Gasteiger partial charge < -0.3 is 19.8 Å². The third-order valence-corrected chi connectivity index (χ3v) is 5.01. The van der Waals surface area contributed by atoms with Gasteiger partial charge in [0, 0.05) is 52.0 Å². The predicted octanol–water partition coefficient (Wildman–Crippen LogP) is 5.84. The molecule has 4 rings (SSSR count). The maximum Gasteiger partial charge on any atom is 2.00 e. The van der Waals surface area contributed by atoms with Crippen molar-refractivity contribution in [2.24, 2.45) is 0 Å². The normalized spacial score (nSPS) is 9.88. The molecule has 0 saturated heterocycles. The summed E-state index contributed by atoms with van der Waals surface area (Å²) in [5.74, 6) is 0. The van der Waals surface area contributed by atoms with Gasteiger partial charge in [0.05, 0.1) is 0 Å². The van der Waals surface area contributed by atoms with Gasteiger partial charge in [0.2, 0.25) is 0 Å². The number of nitrogens with zero attached hydrogens (tertiary/aromatic N) is 4. The molecule has 0 amide bonds. The number of benzene rings is 2. The fourth-order valence-corrected chi connectivity index (χ4v) is 3.01. The van der Waals surface area contributed by atoms with E-state index >= 15 is 0 Å². The molecule has 0 unspecified atom stereocenters. The summed E-state index contributed by atoms with van der Waals surface area (Å²) in [5.41, 5.74) is 8.74. The number of pyridine rings is 2. The van der Waals surface area contributed by atoms with Crippen molar-refractivity contribution in [1.29, 1.82) is 0 Å². The van der Waals surface area contributed by atoms with E-state index in [4.69, 9.17) is 0 Å². The molecule has 0 aliphatic rings. The smallest absolute Gasteiger partial charge is 0.378 e. The molecular formula is C28H30N4Pt. The molecular weight excluding hydrogens is 587 g/mol. The van der Waals surface area contributed by atoms with E-state index in [-0.39, 0.29) is 21.1 Å². The largest absolute Gasteiger partial charge is 2.00 e. The summed E-state index contributed by atoms with van der Waals surface area (Å²) < 4.78 is 0. The van der Waals surface area contributed by atoms with Crippen LogP contribution in [0.4, 0.5) is 11.4 Å². The van der Waals surface area contributed by atoms with E-state index < -0.39 is 0 Å². The first-order chi connectivity index (χ1) is 15.3. The maximum absolute atomic E-state index is 4.36. The average molecular weight is 618 g/mol. The molecule has 2 aromatic carbocycles. The number of aryl methyl sites for hydroxylation is 2. The van der Waals surface area contributed by atoms with Gasteiger partial charge in [-0.25, -0.2) is 0 Å². The second-order valence-corrected chi connectivity index (χ2v) is 8.15. The molecule has 2 aromatic heterocycles. The molecule has 0 radical (unpaired) electrons. The Morgan fingerprint density at radius 2 is 1.00 bits per heavy atom. The molecule has 2 heterocycles. The molecule has 0 spiro atoms. The summed E-state index contributed by atoms with van der Waals surface area (Å²) in [7, 11) is 8.10. The molecule has 0 saturated carbocycles. The molecule has 4 nitrogen and oxygen atoms in total. The second kappa shape index (κ2) is 12.3. The SMILES string of the molecule is Cc1c[c-]c(-c2cc(N(C)C)ccn2)cc1.Cc1c[c-]c(-c2cc(N(C)C)ccn2)cc1.[Pt+2]. The first-order valence-electron chi connectivity index (χ1n) is 10.6. The molecule has 172 valence electrons. The Morgan fingerprint density at radius 1 is 0.606 bits per heavy atom. The molecule has 0 fully saturated rings. The summed E-state index contributed by atoms with van der Waals surface area (Å²) in [6.07, 6.45) is 3.66. The van der Waals surface area contributed by atoms with Crippen LogP contribution in [-0.4, -0.2) is 38.2 Å². The van der Waals surface area contributed by atoms with Gasteiger partial charge in [-0.3, -0.25) is 0 Å². The van der Waals surface area contributed by atoms with Gasteiger partial charge in [0.15, 0.2) is 0 Å². The Labute approximate surface area is 212 Å². The molecule has 4 aromatic rings. The van der Waals surface area contributed by atoms with Crippen molar-refractivity contribution in [1.82, 2.24) is 9.97 Å². The van der Waals surface area contributed by atoms with E-state index in [0.29, 0.717) is 0 Å². The number of anilines is 2. The summed E-state index contributed by atoms with van der Waals surface area (Å²) in [5, 5.41) is 0. The van der Waals surface area contributed by atoms with Gasteiger partial charge in [-0.05, 0) is 23.5 Å². The molecule has 5 heteroatoms.